The zero-order valence-electron chi connectivity index (χ0n) is 11.4. The Hall–Kier alpha value is -2.81. The number of nitrogens with zero attached hydrogens (tertiary/aromatic N) is 1. The van der Waals surface area contributed by atoms with Gasteiger partial charge in [-0.25, -0.2) is 0 Å². The predicted octanol–water partition coefficient (Wildman–Crippen LogP) is 4.30. The van der Waals surface area contributed by atoms with Gasteiger partial charge >= 0.3 is 0 Å². The van der Waals surface area contributed by atoms with E-state index in [1.54, 1.807) is 0 Å². The van der Waals surface area contributed by atoms with Crippen LogP contribution in [0.25, 0.3) is 21.8 Å². The van der Waals surface area contributed by atoms with E-state index in [-0.39, 0.29) is 0 Å². The number of nitrogens with one attached hydrogen (secondary N) is 1. The first-order valence-electron chi connectivity index (χ1n) is 6.94. The summed E-state index contributed by atoms with van der Waals surface area (Å²) in [5.74, 6) is 0. The zero-order valence-corrected chi connectivity index (χ0v) is 11.4. The lowest BCUT2D eigenvalue weighted by Gasteiger charge is -2.06. The number of H-pyrrole nitrogens is 1. The Kier molecular flexibility index (Phi) is 2.82. The Bertz CT molecular complexity index is 873. The van der Waals surface area contributed by atoms with Gasteiger partial charge in [-0.1, -0.05) is 54.6 Å². The van der Waals surface area contributed by atoms with Crippen molar-refractivity contribution in [1.29, 1.82) is 0 Å². The monoisotopic (exact) mass is 274 g/mol. The molecular formula is C18H14N2O. The molecule has 21 heavy (non-hydrogen) atoms. The van der Waals surface area contributed by atoms with E-state index in [1.807, 2.05) is 36.4 Å². The zero-order chi connectivity index (χ0) is 14.1. The minimum Gasteiger partial charge on any atom is -0.460 e. The molecule has 3 heteroatoms. The predicted molar refractivity (Wildman–Crippen MR) is 84.4 cm³/mol. The van der Waals surface area contributed by atoms with Crippen LogP contribution in [-0.2, 0) is 6.61 Å². The van der Waals surface area contributed by atoms with Crippen molar-refractivity contribution in [2.75, 3.05) is 0 Å². The molecule has 1 heterocycles. The standard InChI is InChI=1S/C18H14N2O/c1-2-9-15-13(6-1)7-5-8-14(15)12-21-18-19-16-10-3-4-11-17(16)20-18/h1-11H,12H2,(H,19,20). The topological polar surface area (TPSA) is 37.9 Å². The van der Waals surface area contributed by atoms with E-state index in [0.29, 0.717) is 12.6 Å². The second-order valence-electron chi connectivity index (χ2n) is 4.99. The third-order valence-electron chi connectivity index (χ3n) is 3.61. The van der Waals surface area contributed by atoms with Gasteiger partial charge in [0.05, 0.1) is 11.0 Å². The molecule has 0 atom stereocenters. The number of aromatic amines is 1. The molecule has 0 bridgehead atoms. The maximum atomic E-state index is 5.82. The number of rotatable bonds is 3. The Labute approximate surface area is 122 Å². The van der Waals surface area contributed by atoms with Crippen LogP contribution < -0.4 is 4.74 Å². The average molecular weight is 274 g/mol. The molecule has 3 aromatic carbocycles. The fourth-order valence-corrected chi connectivity index (χ4v) is 2.56. The number of fused-ring (bicyclic) bond motifs is 2. The molecule has 102 valence electrons. The molecule has 0 spiro atoms. The summed E-state index contributed by atoms with van der Waals surface area (Å²) in [5.41, 5.74) is 3.07. The molecule has 4 aromatic rings. The lowest BCUT2D eigenvalue weighted by molar-refractivity contribution is 0.286. The number of para-hydroxylation sites is 2. The van der Waals surface area contributed by atoms with Gasteiger partial charge in [0, 0.05) is 0 Å². The molecule has 0 fully saturated rings. The largest absolute Gasteiger partial charge is 0.460 e. The highest BCUT2D eigenvalue weighted by Crippen LogP contribution is 2.21. The number of ether oxygens (including phenoxy) is 1. The van der Waals surface area contributed by atoms with Crippen LogP contribution in [0.5, 0.6) is 6.01 Å². The minimum absolute atomic E-state index is 0.501. The average Bonchev–Trinajstić information content (AvgIpc) is 2.96. The van der Waals surface area contributed by atoms with Crippen LogP contribution >= 0.6 is 0 Å². The van der Waals surface area contributed by atoms with E-state index in [1.165, 1.54) is 10.8 Å². The van der Waals surface area contributed by atoms with Gasteiger partial charge in [0.15, 0.2) is 0 Å². The maximum absolute atomic E-state index is 5.82. The number of hydrogen-bond acceptors (Lipinski definition) is 2. The van der Waals surface area contributed by atoms with Crippen LogP contribution in [0.15, 0.2) is 66.7 Å². The van der Waals surface area contributed by atoms with Crippen molar-refractivity contribution in [3.63, 3.8) is 0 Å². The first-order valence-corrected chi connectivity index (χ1v) is 6.94. The minimum atomic E-state index is 0.501. The molecule has 0 aliphatic carbocycles. The highest BCUT2D eigenvalue weighted by atomic mass is 16.5. The van der Waals surface area contributed by atoms with E-state index in [0.717, 1.165) is 16.6 Å². The molecule has 0 aliphatic heterocycles. The first kappa shape index (κ1) is 12.0. The summed E-state index contributed by atoms with van der Waals surface area (Å²) in [6.07, 6.45) is 0. The van der Waals surface area contributed by atoms with Crippen molar-refractivity contribution in [3.05, 3.63) is 72.3 Å². The van der Waals surface area contributed by atoms with E-state index in [2.05, 4.69) is 40.3 Å². The van der Waals surface area contributed by atoms with Gasteiger partial charge in [-0.05, 0) is 28.5 Å². The SMILES string of the molecule is c1ccc2c(COc3nc4ccccc4[nH]3)cccc2c1. The Morgan fingerprint density at radius 1 is 0.857 bits per heavy atom. The molecule has 1 aromatic heterocycles. The van der Waals surface area contributed by atoms with Crippen LogP contribution in [0.4, 0.5) is 0 Å². The van der Waals surface area contributed by atoms with E-state index < -0.39 is 0 Å². The summed E-state index contributed by atoms with van der Waals surface area (Å²) >= 11 is 0. The molecule has 0 aliphatic rings. The van der Waals surface area contributed by atoms with Crippen LogP contribution in [0.3, 0.4) is 0 Å². The van der Waals surface area contributed by atoms with Crippen molar-refractivity contribution in [3.8, 4) is 6.01 Å². The molecular weight excluding hydrogens is 260 g/mol. The molecule has 0 radical (unpaired) electrons. The summed E-state index contributed by atoms with van der Waals surface area (Å²) in [7, 11) is 0. The highest BCUT2D eigenvalue weighted by Gasteiger charge is 2.05. The summed E-state index contributed by atoms with van der Waals surface area (Å²) in [6.45, 7) is 0.501. The normalized spacial score (nSPS) is 11.0. The summed E-state index contributed by atoms with van der Waals surface area (Å²) < 4.78 is 5.82. The second-order valence-corrected chi connectivity index (χ2v) is 4.99. The van der Waals surface area contributed by atoms with Gasteiger partial charge in [0.1, 0.15) is 6.61 Å². The lowest BCUT2D eigenvalue weighted by atomic mass is 10.1. The maximum Gasteiger partial charge on any atom is 0.294 e. The van der Waals surface area contributed by atoms with Crippen LogP contribution in [0.2, 0.25) is 0 Å². The van der Waals surface area contributed by atoms with E-state index in [4.69, 9.17) is 4.74 Å². The first-order chi connectivity index (χ1) is 10.4. The van der Waals surface area contributed by atoms with Gasteiger partial charge in [-0.2, -0.15) is 4.98 Å². The quantitative estimate of drug-likeness (QED) is 0.605. The van der Waals surface area contributed by atoms with E-state index in [9.17, 15) is 0 Å². The summed E-state index contributed by atoms with van der Waals surface area (Å²) in [4.78, 5) is 7.61. The molecule has 0 amide bonds. The van der Waals surface area contributed by atoms with Crippen molar-refractivity contribution in [1.82, 2.24) is 9.97 Å². The molecule has 0 saturated carbocycles. The van der Waals surface area contributed by atoms with Crippen molar-refractivity contribution >= 4 is 21.8 Å². The summed E-state index contributed by atoms with van der Waals surface area (Å²) in [5, 5.41) is 2.44. The van der Waals surface area contributed by atoms with E-state index >= 15 is 0 Å². The Morgan fingerprint density at radius 3 is 2.62 bits per heavy atom. The van der Waals surface area contributed by atoms with Gasteiger partial charge in [-0.3, -0.25) is 0 Å². The Morgan fingerprint density at radius 2 is 1.67 bits per heavy atom. The van der Waals surface area contributed by atoms with Crippen LogP contribution in [0.1, 0.15) is 5.56 Å². The molecule has 0 unspecified atom stereocenters. The van der Waals surface area contributed by atoms with Gasteiger partial charge in [-0.15, -0.1) is 0 Å². The fourth-order valence-electron chi connectivity index (χ4n) is 2.56. The van der Waals surface area contributed by atoms with Gasteiger partial charge in [0.25, 0.3) is 6.01 Å². The molecule has 4 rings (SSSR count). The molecule has 1 N–H and O–H groups in total. The third kappa shape index (κ3) is 2.23. The highest BCUT2D eigenvalue weighted by molar-refractivity contribution is 5.85. The smallest absolute Gasteiger partial charge is 0.294 e. The number of benzene rings is 3. The van der Waals surface area contributed by atoms with Gasteiger partial charge < -0.3 is 9.72 Å². The van der Waals surface area contributed by atoms with Crippen LogP contribution in [0, 0.1) is 0 Å². The number of hydrogen-bond donors (Lipinski definition) is 1. The van der Waals surface area contributed by atoms with Crippen molar-refractivity contribution in [2.45, 2.75) is 6.61 Å². The molecule has 0 saturated heterocycles. The number of aromatic nitrogens is 2. The van der Waals surface area contributed by atoms with Crippen molar-refractivity contribution in [2.24, 2.45) is 0 Å². The second kappa shape index (κ2) is 4.94. The molecule has 3 nitrogen and oxygen atoms in total. The Balaban J connectivity index is 1.63. The van der Waals surface area contributed by atoms with Crippen LogP contribution in [-0.4, -0.2) is 9.97 Å². The van der Waals surface area contributed by atoms with Gasteiger partial charge in [0.2, 0.25) is 0 Å². The van der Waals surface area contributed by atoms with Crippen molar-refractivity contribution < 1.29 is 4.74 Å². The fraction of sp³-hybridized carbons (Fsp3) is 0.0556. The lowest BCUT2D eigenvalue weighted by Crippen LogP contribution is -1.97. The summed E-state index contributed by atoms with van der Waals surface area (Å²) in [6, 6.07) is 23.1. The number of imidazole rings is 1. The third-order valence-corrected chi connectivity index (χ3v) is 3.61.